The minimum Gasteiger partial charge on any atom is -0.294 e. The summed E-state index contributed by atoms with van der Waals surface area (Å²) in [6, 6.07) is 13.8. The van der Waals surface area contributed by atoms with Gasteiger partial charge in [0.25, 0.3) is 0 Å². The number of hydrogen-bond donors (Lipinski definition) is 1. The van der Waals surface area contributed by atoms with E-state index in [2.05, 4.69) is 31.1 Å². The van der Waals surface area contributed by atoms with Crippen molar-refractivity contribution in [1.29, 1.82) is 0 Å². The molecule has 0 spiro atoms. The summed E-state index contributed by atoms with van der Waals surface area (Å²) in [5, 5.41) is 7.39. The predicted molar refractivity (Wildman–Crippen MR) is 100 cm³/mol. The number of nitrogens with one attached hydrogen (secondary N) is 1. The molecular formula is C18H15BrFN3OS. The predicted octanol–water partition coefficient (Wildman–Crippen LogP) is 5.13. The maximum absolute atomic E-state index is 13.7. The van der Waals surface area contributed by atoms with Gasteiger partial charge in [-0.2, -0.15) is 0 Å². The van der Waals surface area contributed by atoms with E-state index in [4.69, 9.17) is 0 Å². The monoisotopic (exact) mass is 419 g/mol. The molecule has 128 valence electrons. The van der Waals surface area contributed by atoms with Crippen molar-refractivity contribution in [2.45, 2.75) is 18.0 Å². The van der Waals surface area contributed by atoms with E-state index in [0.717, 1.165) is 16.6 Å². The summed E-state index contributed by atoms with van der Waals surface area (Å²) >= 11 is 4.80. The fraction of sp³-hybridized carbons (Fsp3) is 0.167. The first kappa shape index (κ1) is 17.8. The van der Waals surface area contributed by atoms with E-state index in [9.17, 15) is 9.18 Å². The molecule has 0 aliphatic carbocycles. The molecule has 25 heavy (non-hydrogen) atoms. The van der Waals surface area contributed by atoms with Gasteiger partial charge >= 0.3 is 0 Å². The number of benzene rings is 2. The fourth-order valence-electron chi connectivity index (χ4n) is 2.26. The van der Waals surface area contributed by atoms with Crippen molar-refractivity contribution >= 4 is 33.5 Å². The van der Waals surface area contributed by atoms with Gasteiger partial charge in [0, 0.05) is 22.2 Å². The number of thioether (sulfide) groups is 1. The molecule has 0 bridgehead atoms. The fourth-order valence-corrected chi connectivity index (χ4v) is 3.26. The number of ketones is 1. The number of carbonyl (C=O) groups excluding carboxylic acids is 1. The maximum Gasteiger partial charge on any atom is 0.208 e. The highest BCUT2D eigenvalue weighted by atomic mass is 79.9. The number of H-pyrrole nitrogens is 1. The highest BCUT2D eigenvalue weighted by Crippen LogP contribution is 2.22. The van der Waals surface area contributed by atoms with Gasteiger partial charge in [-0.25, -0.2) is 9.37 Å². The van der Waals surface area contributed by atoms with Crippen LogP contribution in [-0.2, 0) is 0 Å². The van der Waals surface area contributed by atoms with Gasteiger partial charge < -0.3 is 0 Å². The summed E-state index contributed by atoms with van der Waals surface area (Å²) in [4.78, 5) is 16.4. The van der Waals surface area contributed by atoms with Crippen LogP contribution in [0.15, 0.2) is 58.2 Å². The third kappa shape index (κ3) is 4.76. The van der Waals surface area contributed by atoms with Gasteiger partial charge in [0.15, 0.2) is 11.6 Å². The summed E-state index contributed by atoms with van der Waals surface area (Å²) in [6.45, 7) is 0. The minimum absolute atomic E-state index is 0.120. The lowest BCUT2D eigenvalue weighted by atomic mass is 10.1. The molecule has 1 heterocycles. The number of Topliss-reactive ketones (excluding diaryl/α,β-unsaturated/α-hetero) is 1. The highest BCUT2D eigenvalue weighted by molar-refractivity contribution is 9.10. The topological polar surface area (TPSA) is 58.6 Å². The zero-order valence-corrected chi connectivity index (χ0v) is 15.6. The van der Waals surface area contributed by atoms with Gasteiger partial charge in [-0.05, 0) is 30.7 Å². The number of hydrogen-bond acceptors (Lipinski definition) is 4. The van der Waals surface area contributed by atoms with Crippen LogP contribution in [0.3, 0.4) is 0 Å². The molecule has 1 N–H and O–H groups in total. The first-order valence-corrected chi connectivity index (χ1v) is 9.50. The first-order valence-electron chi connectivity index (χ1n) is 7.72. The Morgan fingerprint density at radius 3 is 2.68 bits per heavy atom. The average molecular weight is 420 g/mol. The number of carbonyl (C=O) groups is 1. The molecule has 2 aromatic carbocycles. The Hall–Kier alpha value is -1.99. The number of aromatic nitrogens is 3. The van der Waals surface area contributed by atoms with E-state index in [1.165, 1.54) is 17.8 Å². The smallest absolute Gasteiger partial charge is 0.208 e. The van der Waals surface area contributed by atoms with Crippen molar-refractivity contribution in [3.8, 4) is 11.4 Å². The Morgan fingerprint density at radius 1 is 1.16 bits per heavy atom. The molecule has 0 saturated carbocycles. The summed E-state index contributed by atoms with van der Waals surface area (Å²) in [6.07, 6.45) is 1.20. The van der Waals surface area contributed by atoms with Gasteiger partial charge in [0.05, 0.1) is 5.56 Å². The average Bonchev–Trinajstić information content (AvgIpc) is 3.08. The lowest BCUT2D eigenvalue weighted by Gasteiger charge is -2.01. The number of aromatic amines is 1. The van der Waals surface area contributed by atoms with Crippen LogP contribution in [0.1, 0.15) is 23.2 Å². The highest BCUT2D eigenvalue weighted by Gasteiger charge is 2.10. The van der Waals surface area contributed by atoms with E-state index in [0.29, 0.717) is 28.5 Å². The second-order valence-corrected chi connectivity index (χ2v) is 7.31. The molecule has 0 aliphatic heterocycles. The Kier molecular flexibility index (Phi) is 5.99. The largest absolute Gasteiger partial charge is 0.294 e. The van der Waals surface area contributed by atoms with Crippen LogP contribution in [0, 0.1) is 5.82 Å². The Bertz CT molecular complexity index is 867. The van der Waals surface area contributed by atoms with Crippen LogP contribution in [0.2, 0.25) is 0 Å². The molecule has 0 fully saturated rings. The number of rotatable bonds is 7. The first-order chi connectivity index (χ1) is 12.1. The van der Waals surface area contributed by atoms with Crippen molar-refractivity contribution in [2.24, 2.45) is 0 Å². The molecule has 0 unspecified atom stereocenters. The van der Waals surface area contributed by atoms with Crippen LogP contribution in [0.4, 0.5) is 4.39 Å². The lowest BCUT2D eigenvalue weighted by Crippen LogP contribution is -1.99. The van der Waals surface area contributed by atoms with Crippen molar-refractivity contribution in [3.05, 3.63) is 64.4 Å². The van der Waals surface area contributed by atoms with Crippen LogP contribution in [-0.4, -0.2) is 26.7 Å². The van der Waals surface area contributed by atoms with Gasteiger partial charge in [0.1, 0.15) is 5.82 Å². The normalized spacial score (nSPS) is 10.8. The van der Waals surface area contributed by atoms with E-state index in [1.807, 2.05) is 24.3 Å². The van der Waals surface area contributed by atoms with Crippen molar-refractivity contribution in [3.63, 3.8) is 0 Å². The maximum atomic E-state index is 13.7. The van der Waals surface area contributed by atoms with E-state index in [-0.39, 0.29) is 11.6 Å². The molecule has 3 aromatic rings. The SMILES string of the molecule is O=C(CCCSc1n[nH]c(-c2ccccc2F)n1)c1ccc(Br)cc1. The minimum atomic E-state index is -0.338. The second-order valence-electron chi connectivity index (χ2n) is 5.33. The molecule has 0 radical (unpaired) electrons. The van der Waals surface area contributed by atoms with Gasteiger partial charge in [-0.1, -0.05) is 52.0 Å². The van der Waals surface area contributed by atoms with E-state index < -0.39 is 0 Å². The van der Waals surface area contributed by atoms with Crippen LogP contribution in [0.25, 0.3) is 11.4 Å². The van der Waals surface area contributed by atoms with Crippen LogP contribution >= 0.6 is 27.7 Å². The Labute approximate surface area is 157 Å². The van der Waals surface area contributed by atoms with Gasteiger partial charge in [0.2, 0.25) is 5.16 Å². The Balaban J connectivity index is 1.49. The van der Waals surface area contributed by atoms with Gasteiger partial charge in [-0.3, -0.25) is 9.89 Å². The second kappa shape index (κ2) is 8.40. The molecular weight excluding hydrogens is 405 g/mol. The number of nitrogens with zero attached hydrogens (tertiary/aromatic N) is 2. The molecule has 1 aromatic heterocycles. The molecule has 0 amide bonds. The molecule has 3 rings (SSSR count). The number of halogens is 2. The third-order valence-electron chi connectivity index (χ3n) is 3.54. The molecule has 0 saturated heterocycles. The summed E-state index contributed by atoms with van der Waals surface area (Å²) < 4.78 is 14.7. The van der Waals surface area contributed by atoms with Crippen LogP contribution < -0.4 is 0 Å². The lowest BCUT2D eigenvalue weighted by molar-refractivity contribution is 0.0982. The van der Waals surface area contributed by atoms with E-state index >= 15 is 0 Å². The Morgan fingerprint density at radius 2 is 1.92 bits per heavy atom. The molecule has 4 nitrogen and oxygen atoms in total. The van der Waals surface area contributed by atoms with E-state index in [1.54, 1.807) is 18.2 Å². The van der Waals surface area contributed by atoms with Gasteiger partial charge in [-0.15, -0.1) is 5.10 Å². The zero-order chi connectivity index (χ0) is 17.6. The standard InChI is InChI=1S/C18H15BrFN3OS/c19-13-9-7-12(8-10-13)16(24)6-3-11-25-18-21-17(22-23-18)14-4-1-2-5-15(14)20/h1-2,4-5,7-10H,3,6,11H2,(H,21,22,23). The van der Waals surface area contributed by atoms with Crippen molar-refractivity contribution in [1.82, 2.24) is 15.2 Å². The molecule has 0 atom stereocenters. The summed E-state index contributed by atoms with van der Waals surface area (Å²) in [7, 11) is 0. The quantitative estimate of drug-likeness (QED) is 0.327. The summed E-state index contributed by atoms with van der Waals surface area (Å²) in [5.74, 6) is 0.911. The molecule has 7 heteroatoms. The summed E-state index contributed by atoms with van der Waals surface area (Å²) in [5.41, 5.74) is 1.11. The van der Waals surface area contributed by atoms with Crippen LogP contribution in [0.5, 0.6) is 0 Å². The molecule has 0 aliphatic rings. The van der Waals surface area contributed by atoms with Crippen molar-refractivity contribution in [2.75, 3.05) is 5.75 Å². The zero-order valence-electron chi connectivity index (χ0n) is 13.2. The third-order valence-corrected chi connectivity index (χ3v) is 5.00. The van der Waals surface area contributed by atoms with Crippen molar-refractivity contribution < 1.29 is 9.18 Å².